The summed E-state index contributed by atoms with van der Waals surface area (Å²) in [7, 11) is 0. The highest BCUT2D eigenvalue weighted by atomic mass is 19.1. The molecular formula is C20H24FN5O. The third-order valence-electron chi connectivity index (χ3n) is 4.39. The first-order valence-electron chi connectivity index (χ1n) is 9.13. The molecule has 27 heavy (non-hydrogen) atoms. The van der Waals surface area contributed by atoms with Gasteiger partial charge in [-0.25, -0.2) is 9.37 Å². The molecule has 0 bridgehead atoms. The fourth-order valence-corrected chi connectivity index (χ4v) is 2.97. The number of nitrogens with one attached hydrogen (secondary N) is 1. The SMILES string of the molecule is CCNc1cc(C)nc(N2CCN(C(=O)/C=C/c3ccccc3F)CC2)n1. The number of halogens is 1. The Morgan fingerprint density at radius 2 is 1.96 bits per heavy atom. The molecule has 0 saturated carbocycles. The lowest BCUT2D eigenvalue weighted by molar-refractivity contribution is -0.126. The summed E-state index contributed by atoms with van der Waals surface area (Å²) in [6, 6.07) is 8.32. The minimum Gasteiger partial charge on any atom is -0.370 e. The number of aryl methyl sites for hydroxylation is 1. The topological polar surface area (TPSA) is 61.4 Å². The van der Waals surface area contributed by atoms with E-state index in [0.29, 0.717) is 37.7 Å². The fraction of sp³-hybridized carbons (Fsp3) is 0.350. The zero-order valence-electron chi connectivity index (χ0n) is 15.7. The first-order valence-corrected chi connectivity index (χ1v) is 9.13. The molecule has 6 nitrogen and oxygen atoms in total. The lowest BCUT2D eigenvalue weighted by Gasteiger charge is -2.34. The summed E-state index contributed by atoms with van der Waals surface area (Å²) in [6.07, 6.45) is 2.96. The van der Waals surface area contributed by atoms with Crippen molar-refractivity contribution in [2.45, 2.75) is 13.8 Å². The molecule has 2 heterocycles. The smallest absolute Gasteiger partial charge is 0.246 e. The largest absolute Gasteiger partial charge is 0.370 e. The molecule has 1 saturated heterocycles. The number of aromatic nitrogens is 2. The summed E-state index contributed by atoms with van der Waals surface area (Å²) in [6.45, 7) is 7.24. The Hall–Kier alpha value is -2.96. The number of nitrogens with zero attached hydrogens (tertiary/aromatic N) is 4. The molecule has 1 amide bonds. The Morgan fingerprint density at radius 3 is 2.67 bits per heavy atom. The van der Waals surface area contributed by atoms with E-state index in [1.807, 2.05) is 19.9 Å². The fourth-order valence-electron chi connectivity index (χ4n) is 2.97. The number of anilines is 2. The van der Waals surface area contributed by atoms with Gasteiger partial charge in [0.1, 0.15) is 11.6 Å². The van der Waals surface area contributed by atoms with Crippen molar-refractivity contribution >= 4 is 23.7 Å². The maximum absolute atomic E-state index is 13.6. The van der Waals surface area contributed by atoms with Gasteiger partial charge in [0.2, 0.25) is 11.9 Å². The average molecular weight is 369 g/mol. The summed E-state index contributed by atoms with van der Waals surface area (Å²) >= 11 is 0. The zero-order chi connectivity index (χ0) is 19.2. The molecule has 1 aliphatic heterocycles. The highest BCUT2D eigenvalue weighted by Crippen LogP contribution is 2.16. The van der Waals surface area contributed by atoms with Gasteiger partial charge < -0.3 is 15.1 Å². The van der Waals surface area contributed by atoms with Crippen molar-refractivity contribution in [2.75, 3.05) is 42.9 Å². The molecule has 1 aromatic heterocycles. The van der Waals surface area contributed by atoms with Crippen LogP contribution in [0.1, 0.15) is 18.2 Å². The number of hydrogen-bond donors (Lipinski definition) is 1. The molecule has 1 N–H and O–H groups in total. The molecule has 0 aliphatic carbocycles. The van der Waals surface area contributed by atoms with Gasteiger partial charge in [0, 0.05) is 56.1 Å². The molecule has 0 atom stereocenters. The van der Waals surface area contributed by atoms with E-state index in [4.69, 9.17) is 0 Å². The molecule has 142 valence electrons. The summed E-state index contributed by atoms with van der Waals surface area (Å²) in [5.41, 5.74) is 1.32. The maximum atomic E-state index is 13.6. The van der Waals surface area contributed by atoms with Crippen LogP contribution in [0.3, 0.4) is 0 Å². The second kappa shape index (κ2) is 8.62. The van der Waals surface area contributed by atoms with E-state index in [-0.39, 0.29) is 11.7 Å². The lowest BCUT2D eigenvalue weighted by Crippen LogP contribution is -2.48. The van der Waals surface area contributed by atoms with Crippen LogP contribution in [0.2, 0.25) is 0 Å². The van der Waals surface area contributed by atoms with Crippen LogP contribution in [0.5, 0.6) is 0 Å². The van der Waals surface area contributed by atoms with Gasteiger partial charge in [-0.15, -0.1) is 0 Å². The number of hydrogen-bond acceptors (Lipinski definition) is 5. The quantitative estimate of drug-likeness (QED) is 0.821. The third-order valence-corrected chi connectivity index (χ3v) is 4.39. The molecule has 1 fully saturated rings. The van der Waals surface area contributed by atoms with E-state index in [2.05, 4.69) is 20.2 Å². The number of benzene rings is 1. The van der Waals surface area contributed by atoms with Crippen molar-refractivity contribution in [2.24, 2.45) is 0 Å². The minimum atomic E-state index is -0.334. The Balaban J connectivity index is 1.60. The van der Waals surface area contributed by atoms with Crippen LogP contribution < -0.4 is 10.2 Å². The van der Waals surface area contributed by atoms with E-state index in [1.165, 1.54) is 18.2 Å². The molecule has 0 spiro atoms. The zero-order valence-corrected chi connectivity index (χ0v) is 15.7. The Labute approximate surface area is 158 Å². The van der Waals surface area contributed by atoms with E-state index in [9.17, 15) is 9.18 Å². The van der Waals surface area contributed by atoms with Crippen LogP contribution >= 0.6 is 0 Å². The van der Waals surface area contributed by atoms with Gasteiger partial charge in [0.25, 0.3) is 0 Å². The van der Waals surface area contributed by atoms with E-state index in [1.54, 1.807) is 23.1 Å². The minimum absolute atomic E-state index is 0.114. The number of carbonyl (C=O) groups is 1. The van der Waals surface area contributed by atoms with E-state index in [0.717, 1.165) is 18.1 Å². The van der Waals surface area contributed by atoms with Crippen molar-refractivity contribution in [3.63, 3.8) is 0 Å². The van der Waals surface area contributed by atoms with Crippen LogP contribution in [0.25, 0.3) is 6.08 Å². The van der Waals surface area contributed by atoms with E-state index < -0.39 is 0 Å². The van der Waals surface area contributed by atoms with Crippen LogP contribution in [-0.2, 0) is 4.79 Å². The second-order valence-electron chi connectivity index (χ2n) is 6.39. The summed E-state index contributed by atoms with van der Waals surface area (Å²) in [4.78, 5) is 25.3. The molecule has 1 aliphatic rings. The highest BCUT2D eigenvalue weighted by molar-refractivity contribution is 5.92. The molecule has 0 radical (unpaired) electrons. The standard InChI is InChI=1S/C20H24FN5O/c1-3-22-18-14-15(2)23-20(24-18)26-12-10-25(11-13-26)19(27)9-8-16-6-4-5-7-17(16)21/h4-9,14H,3,10-13H2,1-2H3,(H,22,23,24)/b9-8+. The Kier molecular flexibility index (Phi) is 6.01. The van der Waals surface area contributed by atoms with Gasteiger partial charge in [-0.2, -0.15) is 4.98 Å². The van der Waals surface area contributed by atoms with Crippen molar-refractivity contribution in [3.8, 4) is 0 Å². The second-order valence-corrected chi connectivity index (χ2v) is 6.39. The van der Waals surface area contributed by atoms with Gasteiger partial charge in [0.05, 0.1) is 0 Å². The first kappa shape index (κ1) is 18.8. The number of piperazine rings is 1. The number of amides is 1. The van der Waals surface area contributed by atoms with Crippen molar-refractivity contribution < 1.29 is 9.18 Å². The van der Waals surface area contributed by atoms with Gasteiger partial charge in [-0.1, -0.05) is 18.2 Å². The summed E-state index contributed by atoms with van der Waals surface area (Å²) in [5, 5.41) is 3.21. The lowest BCUT2D eigenvalue weighted by atomic mass is 10.2. The van der Waals surface area contributed by atoms with Crippen molar-refractivity contribution in [1.82, 2.24) is 14.9 Å². The van der Waals surface area contributed by atoms with Gasteiger partial charge >= 0.3 is 0 Å². The molecule has 0 unspecified atom stereocenters. The van der Waals surface area contributed by atoms with Crippen LogP contribution in [0.4, 0.5) is 16.2 Å². The Bertz CT molecular complexity index is 831. The van der Waals surface area contributed by atoms with E-state index >= 15 is 0 Å². The van der Waals surface area contributed by atoms with Crippen LogP contribution in [-0.4, -0.2) is 53.5 Å². The van der Waals surface area contributed by atoms with Gasteiger partial charge in [-0.3, -0.25) is 4.79 Å². The normalized spacial score (nSPS) is 14.6. The molecule has 7 heteroatoms. The highest BCUT2D eigenvalue weighted by Gasteiger charge is 2.21. The van der Waals surface area contributed by atoms with Gasteiger partial charge in [0.15, 0.2) is 0 Å². The monoisotopic (exact) mass is 369 g/mol. The Morgan fingerprint density at radius 1 is 1.22 bits per heavy atom. The van der Waals surface area contributed by atoms with Crippen molar-refractivity contribution in [3.05, 3.63) is 53.5 Å². The first-order chi connectivity index (χ1) is 13.1. The number of carbonyl (C=O) groups excluding carboxylic acids is 1. The summed E-state index contributed by atoms with van der Waals surface area (Å²) < 4.78 is 13.6. The predicted molar refractivity (Wildman–Crippen MR) is 105 cm³/mol. The maximum Gasteiger partial charge on any atom is 0.246 e. The molecule has 1 aromatic carbocycles. The predicted octanol–water partition coefficient (Wildman–Crippen LogP) is 2.72. The van der Waals surface area contributed by atoms with Gasteiger partial charge in [-0.05, 0) is 26.0 Å². The summed E-state index contributed by atoms with van der Waals surface area (Å²) in [5.74, 6) is 1.04. The number of rotatable bonds is 5. The average Bonchev–Trinajstić information content (AvgIpc) is 2.67. The molecule has 3 rings (SSSR count). The van der Waals surface area contributed by atoms with Crippen LogP contribution in [0, 0.1) is 12.7 Å². The van der Waals surface area contributed by atoms with Crippen molar-refractivity contribution in [1.29, 1.82) is 0 Å². The molecule has 2 aromatic rings. The third kappa shape index (κ3) is 4.81. The van der Waals surface area contributed by atoms with Crippen LogP contribution in [0.15, 0.2) is 36.4 Å². The molecular weight excluding hydrogens is 345 g/mol.